The molecule has 0 bridgehead atoms. The molecule has 0 amide bonds. The maximum absolute atomic E-state index is 13.9. The minimum Gasteiger partial charge on any atom is -0.484 e. The monoisotopic (exact) mass is 522 g/mol. The Bertz CT molecular complexity index is 864. The van der Waals surface area contributed by atoms with Gasteiger partial charge >= 0.3 is 6.18 Å². The molecule has 0 aliphatic carbocycles. The number of nitrogens with zero attached hydrogens (tertiary/aromatic N) is 2. The van der Waals surface area contributed by atoms with Gasteiger partial charge in [-0.15, -0.1) is 24.0 Å². The fourth-order valence-corrected chi connectivity index (χ4v) is 2.21. The number of rotatable bonds is 6. The van der Waals surface area contributed by atoms with Crippen LogP contribution in [0.5, 0.6) is 5.75 Å². The molecule has 10 heteroatoms. The smallest absolute Gasteiger partial charge is 0.422 e. The van der Waals surface area contributed by atoms with Crippen molar-refractivity contribution in [3.63, 3.8) is 0 Å². The molecule has 0 atom stereocenters. The van der Waals surface area contributed by atoms with Gasteiger partial charge in [-0.1, -0.05) is 18.2 Å². The summed E-state index contributed by atoms with van der Waals surface area (Å²) in [6, 6.07) is 12.2. The van der Waals surface area contributed by atoms with Crippen LogP contribution in [0.1, 0.15) is 16.7 Å². The second-order valence-electron chi connectivity index (χ2n) is 5.75. The third-order valence-corrected chi connectivity index (χ3v) is 3.64. The lowest BCUT2D eigenvalue weighted by molar-refractivity contribution is -0.153. The SMILES string of the molecule is CN=C(NCc1ccc(OCC(F)(F)F)cc1)NCc1ccc(C#N)cc1F.I. The van der Waals surface area contributed by atoms with Gasteiger partial charge in [0.2, 0.25) is 0 Å². The van der Waals surface area contributed by atoms with E-state index in [0.717, 1.165) is 11.6 Å². The molecule has 156 valence electrons. The lowest BCUT2D eigenvalue weighted by Gasteiger charge is -2.13. The highest BCUT2D eigenvalue weighted by molar-refractivity contribution is 14.0. The first-order valence-electron chi connectivity index (χ1n) is 8.22. The van der Waals surface area contributed by atoms with Crippen molar-refractivity contribution in [1.82, 2.24) is 10.6 Å². The first-order valence-corrected chi connectivity index (χ1v) is 8.22. The average molecular weight is 522 g/mol. The van der Waals surface area contributed by atoms with E-state index < -0.39 is 18.6 Å². The topological polar surface area (TPSA) is 69.4 Å². The number of ether oxygens (including phenoxy) is 1. The summed E-state index contributed by atoms with van der Waals surface area (Å²) in [4.78, 5) is 4.03. The van der Waals surface area contributed by atoms with Gasteiger partial charge in [-0.2, -0.15) is 18.4 Å². The van der Waals surface area contributed by atoms with Gasteiger partial charge in [0, 0.05) is 25.7 Å². The first-order chi connectivity index (χ1) is 13.3. The van der Waals surface area contributed by atoms with Gasteiger partial charge in [-0.3, -0.25) is 4.99 Å². The minimum atomic E-state index is -4.38. The maximum Gasteiger partial charge on any atom is 0.422 e. The molecular weight excluding hydrogens is 503 g/mol. The average Bonchev–Trinajstić information content (AvgIpc) is 2.67. The Morgan fingerprint density at radius 3 is 2.31 bits per heavy atom. The summed E-state index contributed by atoms with van der Waals surface area (Å²) in [7, 11) is 1.55. The largest absolute Gasteiger partial charge is 0.484 e. The highest BCUT2D eigenvalue weighted by Crippen LogP contribution is 2.18. The Hall–Kier alpha value is -2.55. The second-order valence-corrected chi connectivity index (χ2v) is 5.75. The fraction of sp³-hybridized carbons (Fsp3) is 0.263. The van der Waals surface area contributed by atoms with Gasteiger partial charge < -0.3 is 15.4 Å². The molecule has 0 saturated carbocycles. The Morgan fingerprint density at radius 1 is 1.10 bits per heavy atom. The lowest BCUT2D eigenvalue weighted by Crippen LogP contribution is -2.36. The first kappa shape index (κ1) is 24.5. The maximum atomic E-state index is 13.9. The highest BCUT2D eigenvalue weighted by atomic mass is 127. The quantitative estimate of drug-likeness (QED) is 0.259. The standard InChI is InChI=1S/C19H18F4N4O.HI/c1-25-18(27-11-15-5-2-14(9-24)8-17(15)20)26-10-13-3-6-16(7-4-13)28-12-19(21,22)23;/h2-8H,10-12H2,1H3,(H2,25,26,27);1H. The number of halogens is 5. The van der Waals surface area contributed by atoms with E-state index in [2.05, 4.69) is 20.4 Å². The van der Waals surface area contributed by atoms with Gasteiger partial charge in [-0.25, -0.2) is 4.39 Å². The molecule has 0 aliphatic rings. The van der Waals surface area contributed by atoms with Crippen LogP contribution in [0.15, 0.2) is 47.5 Å². The molecule has 0 unspecified atom stereocenters. The van der Waals surface area contributed by atoms with E-state index in [9.17, 15) is 17.6 Å². The van der Waals surface area contributed by atoms with Gasteiger partial charge in [0.15, 0.2) is 12.6 Å². The molecule has 2 rings (SSSR count). The van der Waals surface area contributed by atoms with Crippen LogP contribution in [0.4, 0.5) is 17.6 Å². The molecule has 29 heavy (non-hydrogen) atoms. The predicted octanol–water partition coefficient (Wildman–Crippen LogP) is 4.12. The summed E-state index contributed by atoms with van der Waals surface area (Å²) in [5.74, 6) is 0.0532. The van der Waals surface area contributed by atoms with Gasteiger partial charge in [-0.05, 0) is 29.8 Å². The van der Waals surface area contributed by atoms with Crippen molar-refractivity contribution >= 4 is 29.9 Å². The van der Waals surface area contributed by atoms with Crippen LogP contribution in [0.3, 0.4) is 0 Å². The number of guanidine groups is 1. The molecule has 2 N–H and O–H groups in total. The van der Waals surface area contributed by atoms with Crippen LogP contribution in [0.25, 0.3) is 0 Å². The van der Waals surface area contributed by atoms with Crippen LogP contribution in [-0.2, 0) is 13.1 Å². The zero-order chi connectivity index (χ0) is 20.6. The Labute approximate surface area is 182 Å². The molecule has 0 spiro atoms. The molecule has 0 aliphatic heterocycles. The summed E-state index contributed by atoms with van der Waals surface area (Å²) in [5.41, 5.74) is 1.42. The molecule has 0 radical (unpaired) electrons. The van der Waals surface area contributed by atoms with E-state index in [-0.39, 0.29) is 41.8 Å². The molecule has 0 fully saturated rings. The lowest BCUT2D eigenvalue weighted by atomic mass is 10.1. The van der Waals surface area contributed by atoms with Crippen molar-refractivity contribution in [2.24, 2.45) is 4.99 Å². The van der Waals surface area contributed by atoms with Crippen molar-refractivity contribution in [3.05, 3.63) is 65.0 Å². The molecular formula is C19H19F4IN4O. The molecule has 5 nitrogen and oxygen atoms in total. The normalized spacial score (nSPS) is 11.2. The van der Waals surface area contributed by atoms with Crippen LogP contribution in [0.2, 0.25) is 0 Å². The second kappa shape index (κ2) is 11.5. The Balaban J connectivity index is 0.00000420. The fourth-order valence-electron chi connectivity index (χ4n) is 2.21. The van der Waals surface area contributed by atoms with Crippen LogP contribution >= 0.6 is 24.0 Å². The van der Waals surface area contributed by atoms with E-state index in [1.54, 1.807) is 19.2 Å². The summed E-state index contributed by atoms with van der Waals surface area (Å²) >= 11 is 0. The molecule has 2 aromatic rings. The summed E-state index contributed by atoms with van der Waals surface area (Å²) in [6.07, 6.45) is -4.38. The number of nitriles is 1. The van der Waals surface area contributed by atoms with E-state index in [0.29, 0.717) is 18.1 Å². The van der Waals surface area contributed by atoms with Crippen molar-refractivity contribution in [1.29, 1.82) is 5.26 Å². The summed E-state index contributed by atoms with van der Waals surface area (Å²) in [5, 5.41) is 14.7. The number of hydrogen-bond acceptors (Lipinski definition) is 3. The van der Waals surface area contributed by atoms with E-state index in [4.69, 9.17) is 5.26 Å². The van der Waals surface area contributed by atoms with Gasteiger partial charge in [0.05, 0.1) is 11.6 Å². The van der Waals surface area contributed by atoms with Gasteiger partial charge in [0.1, 0.15) is 11.6 Å². The third kappa shape index (κ3) is 8.55. The van der Waals surface area contributed by atoms with Crippen molar-refractivity contribution in [2.75, 3.05) is 13.7 Å². The Morgan fingerprint density at radius 2 is 1.76 bits per heavy atom. The molecule has 2 aromatic carbocycles. The zero-order valence-corrected chi connectivity index (χ0v) is 17.7. The number of nitrogens with one attached hydrogen (secondary N) is 2. The third-order valence-electron chi connectivity index (χ3n) is 3.64. The predicted molar refractivity (Wildman–Crippen MR) is 112 cm³/mol. The molecule has 0 heterocycles. The van der Waals surface area contributed by atoms with Crippen LogP contribution in [0, 0.1) is 17.1 Å². The molecule has 0 aromatic heterocycles. The molecule has 0 saturated heterocycles. The van der Waals surface area contributed by atoms with E-state index >= 15 is 0 Å². The summed E-state index contributed by atoms with van der Waals surface area (Å²) in [6.45, 7) is -0.816. The van der Waals surface area contributed by atoms with Crippen molar-refractivity contribution in [3.8, 4) is 11.8 Å². The highest BCUT2D eigenvalue weighted by Gasteiger charge is 2.28. The number of benzene rings is 2. The van der Waals surface area contributed by atoms with E-state index in [1.807, 2.05) is 6.07 Å². The minimum absolute atomic E-state index is 0. The van der Waals surface area contributed by atoms with Crippen molar-refractivity contribution < 1.29 is 22.3 Å². The van der Waals surface area contributed by atoms with Crippen LogP contribution in [-0.4, -0.2) is 25.8 Å². The Kier molecular flexibility index (Phi) is 9.67. The van der Waals surface area contributed by atoms with E-state index in [1.165, 1.54) is 24.3 Å². The number of hydrogen-bond donors (Lipinski definition) is 2. The van der Waals surface area contributed by atoms with Crippen LogP contribution < -0.4 is 15.4 Å². The van der Waals surface area contributed by atoms with Gasteiger partial charge in [0.25, 0.3) is 0 Å². The number of alkyl halides is 3. The van der Waals surface area contributed by atoms with Crippen molar-refractivity contribution in [2.45, 2.75) is 19.3 Å². The summed E-state index contributed by atoms with van der Waals surface area (Å²) < 4.78 is 54.9. The number of aliphatic imine (C=N–C) groups is 1. The zero-order valence-electron chi connectivity index (χ0n) is 15.4.